The fourth-order valence-electron chi connectivity index (χ4n) is 4.87. The summed E-state index contributed by atoms with van der Waals surface area (Å²) in [6.45, 7) is 8.22. The number of nitrogens with one attached hydrogen (secondary N) is 2. The van der Waals surface area contributed by atoms with Gasteiger partial charge in [0.1, 0.15) is 0 Å². The average Bonchev–Trinajstić information content (AvgIpc) is 3.42. The molecule has 2 fully saturated rings. The standard InChI is InChI=1S/C25H24ClN3O2S/c1-13(2)10-19-24(4)12-25(19,24)22(31)29-23-27-17-9-8-15(11-18(17)32-23)21(30)28-20-14(3)6-5-7-16(20)26/h5-11,19H,12H2,1-4H3,(H,28,30)(H,27,29,31)/t19?,24?,25-/m1/s1. The third kappa shape index (κ3) is 3.16. The van der Waals surface area contributed by atoms with E-state index in [4.69, 9.17) is 11.6 Å². The van der Waals surface area contributed by atoms with E-state index in [0.717, 1.165) is 22.2 Å². The van der Waals surface area contributed by atoms with Crippen molar-refractivity contribution < 1.29 is 9.59 Å². The molecule has 2 unspecified atom stereocenters. The lowest BCUT2D eigenvalue weighted by molar-refractivity contribution is -0.119. The maximum Gasteiger partial charge on any atom is 0.255 e. The number of thiazole rings is 1. The second-order valence-corrected chi connectivity index (χ2v) is 10.8. The van der Waals surface area contributed by atoms with Gasteiger partial charge in [0, 0.05) is 5.56 Å². The SMILES string of the molecule is CC(C)=CC1C2(C)C[C@]12C(=O)Nc1nc2ccc(C(=O)Nc3c(C)cccc3Cl)cc2s1. The lowest BCUT2D eigenvalue weighted by Gasteiger charge is -2.10. The van der Waals surface area contributed by atoms with Gasteiger partial charge in [-0.3, -0.25) is 9.59 Å². The molecule has 3 aromatic rings. The Labute approximate surface area is 195 Å². The van der Waals surface area contributed by atoms with Crippen LogP contribution in [0.5, 0.6) is 0 Å². The number of fused-ring (bicyclic) bond motifs is 2. The van der Waals surface area contributed by atoms with Gasteiger partial charge in [0.25, 0.3) is 5.91 Å². The summed E-state index contributed by atoms with van der Waals surface area (Å²) in [7, 11) is 0. The van der Waals surface area contributed by atoms with Crippen molar-refractivity contribution in [1.29, 1.82) is 0 Å². The first kappa shape index (κ1) is 21.2. The van der Waals surface area contributed by atoms with Crippen LogP contribution in [0.2, 0.25) is 5.02 Å². The van der Waals surface area contributed by atoms with Crippen LogP contribution in [0, 0.1) is 23.7 Å². The Morgan fingerprint density at radius 3 is 2.69 bits per heavy atom. The number of aryl methyl sites for hydroxylation is 1. The van der Waals surface area contributed by atoms with Crippen molar-refractivity contribution in [2.45, 2.75) is 34.1 Å². The molecule has 1 heterocycles. The molecule has 7 heteroatoms. The molecule has 2 aromatic carbocycles. The number of carbonyl (C=O) groups excluding carboxylic acids is 2. The summed E-state index contributed by atoms with van der Waals surface area (Å²) < 4.78 is 0.844. The molecule has 0 saturated heterocycles. The summed E-state index contributed by atoms with van der Waals surface area (Å²) in [6.07, 6.45) is 3.14. The second kappa shape index (κ2) is 7.15. The van der Waals surface area contributed by atoms with Gasteiger partial charge in [-0.25, -0.2) is 4.98 Å². The van der Waals surface area contributed by atoms with Crippen LogP contribution in [0.4, 0.5) is 10.8 Å². The number of benzene rings is 2. The molecule has 1 aromatic heterocycles. The number of amides is 2. The summed E-state index contributed by atoms with van der Waals surface area (Å²) in [6, 6.07) is 10.8. The Balaban J connectivity index is 1.33. The summed E-state index contributed by atoms with van der Waals surface area (Å²) in [5.74, 6) is 0.129. The predicted octanol–water partition coefficient (Wildman–Crippen LogP) is 6.44. The van der Waals surface area contributed by atoms with Gasteiger partial charge in [0.2, 0.25) is 5.91 Å². The Hall–Kier alpha value is -2.70. The van der Waals surface area contributed by atoms with E-state index in [1.807, 2.05) is 19.1 Å². The number of hydrogen-bond acceptors (Lipinski definition) is 4. The van der Waals surface area contributed by atoms with Crippen LogP contribution < -0.4 is 10.6 Å². The molecule has 164 valence electrons. The zero-order valence-corrected chi connectivity index (χ0v) is 19.9. The molecule has 0 radical (unpaired) electrons. The lowest BCUT2D eigenvalue weighted by atomic mass is 9.99. The van der Waals surface area contributed by atoms with Crippen LogP contribution in [-0.2, 0) is 4.79 Å². The van der Waals surface area contributed by atoms with E-state index in [0.29, 0.717) is 27.3 Å². The highest BCUT2D eigenvalue weighted by Gasteiger charge is 2.90. The van der Waals surface area contributed by atoms with Gasteiger partial charge in [0.15, 0.2) is 5.13 Å². The molecule has 0 spiro atoms. The third-order valence-corrected chi connectivity index (χ3v) is 8.16. The number of aromatic nitrogens is 1. The highest BCUT2D eigenvalue weighted by molar-refractivity contribution is 7.22. The molecule has 0 bridgehead atoms. The number of anilines is 2. The molecular formula is C25H24ClN3O2S. The van der Waals surface area contributed by atoms with E-state index >= 15 is 0 Å². The van der Waals surface area contributed by atoms with Crippen molar-refractivity contribution in [1.82, 2.24) is 4.98 Å². The molecule has 2 aliphatic carbocycles. The zero-order valence-electron chi connectivity index (χ0n) is 18.4. The highest BCUT2D eigenvalue weighted by atomic mass is 35.5. The largest absolute Gasteiger partial charge is 0.320 e. The van der Waals surface area contributed by atoms with E-state index in [-0.39, 0.29) is 22.6 Å². The van der Waals surface area contributed by atoms with Crippen LogP contribution in [-0.4, -0.2) is 16.8 Å². The van der Waals surface area contributed by atoms with Gasteiger partial charge in [-0.15, -0.1) is 0 Å². The van der Waals surface area contributed by atoms with Gasteiger partial charge in [-0.05, 0) is 68.4 Å². The quantitative estimate of drug-likeness (QED) is 0.426. The van der Waals surface area contributed by atoms with Crippen LogP contribution in [0.1, 0.15) is 43.1 Å². The zero-order chi connectivity index (χ0) is 22.8. The van der Waals surface area contributed by atoms with Gasteiger partial charge in [0.05, 0.1) is 26.3 Å². The normalized spacial score (nSPS) is 25.1. The summed E-state index contributed by atoms with van der Waals surface area (Å²) >= 11 is 7.62. The average molecular weight is 466 g/mol. The second-order valence-electron chi connectivity index (χ2n) is 9.33. The maximum absolute atomic E-state index is 13.0. The minimum Gasteiger partial charge on any atom is -0.320 e. The van der Waals surface area contributed by atoms with E-state index in [1.165, 1.54) is 16.9 Å². The van der Waals surface area contributed by atoms with Gasteiger partial charge < -0.3 is 10.6 Å². The molecular weight excluding hydrogens is 442 g/mol. The van der Waals surface area contributed by atoms with Crippen molar-refractivity contribution in [2.24, 2.45) is 16.7 Å². The predicted molar refractivity (Wildman–Crippen MR) is 130 cm³/mol. The van der Waals surface area contributed by atoms with Crippen molar-refractivity contribution in [3.63, 3.8) is 0 Å². The number of hydrogen-bond donors (Lipinski definition) is 2. The summed E-state index contributed by atoms with van der Waals surface area (Å²) in [5, 5.41) is 6.99. The molecule has 2 amide bonds. The Morgan fingerprint density at radius 1 is 1.22 bits per heavy atom. The van der Waals surface area contributed by atoms with Crippen LogP contribution >= 0.6 is 22.9 Å². The highest BCUT2D eigenvalue weighted by Crippen LogP contribution is 2.90. The minimum atomic E-state index is -0.278. The number of para-hydroxylation sites is 1. The van der Waals surface area contributed by atoms with Crippen LogP contribution in [0.3, 0.4) is 0 Å². The minimum absolute atomic E-state index is 0.0497. The lowest BCUT2D eigenvalue weighted by Crippen LogP contribution is -2.20. The monoisotopic (exact) mass is 465 g/mol. The first-order valence-electron chi connectivity index (χ1n) is 10.6. The van der Waals surface area contributed by atoms with Gasteiger partial charge >= 0.3 is 0 Å². The van der Waals surface area contributed by atoms with Crippen molar-refractivity contribution in [3.8, 4) is 0 Å². The molecule has 2 N–H and O–H groups in total. The number of nitrogens with zero attached hydrogens (tertiary/aromatic N) is 1. The number of carbonyl (C=O) groups is 2. The van der Waals surface area contributed by atoms with Crippen molar-refractivity contribution in [2.75, 3.05) is 10.6 Å². The molecule has 3 atom stereocenters. The fraction of sp³-hybridized carbons (Fsp3) is 0.320. The number of allylic oxidation sites excluding steroid dienone is 2. The molecule has 5 nitrogen and oxygen atoms in total. The fourth-order valence-corrected chi connectivity index (χ4v) is 6.04. The molecule has 0 aliphatic heterocycles. The van der Waals surface area contributed by atoms with Crippen LogP contribution in [0.25, 0.3) is 10.2 Å². The number of rotatable bonds is 5. The maximum atomic E-state index is 13.0. The molecule has 5 rings (SSSR count). The third-order valence-electron chi connectivity index (χ3n) is 6.91. The molecule has 2 saturated carbocycles. The summed E-state index contributed by atoms with van der Waals surface area (Å²) in [5.41, 5.74) is 3.83. The topological polar surface area (TPSA) is 71.1 Å². The Bertz CT molecular complexity index is 1310. The van der Waals surface area contributed by atoms with E-state index in [1.54, 1.807) is 24.3 Å². The Morgan fingerprint density at radius 2 is 2.00 bits per heavy atom. The van der Waals surface area contributed by atoms with E-state index < -0.39 is 0 Å². The summed E-state index contributed by atoms with van der Waals surface area (Å²) in [4.78, 5) is 30.3. The van der Waals surface area contributed by atoms with Gasteiger partial charge in [-0.1, -0.05) is 53.6 Å². The van der Waals surface area contributed by atoms with E-state index in [2.05, 4.69) is 42.5 Å². The van der Waals surface area contributed by atoms with Crippen molar-refractivity contribution >= 4 is 55.8 Å². The van der Waals surface area contributed by atoms with E-state index in [9.17, 15) is 9.59 Å². The van der Waals surface area contributed by atoms with Crippen molar-refractivity contribution in [3.05, 3.63) is 64.2 Å². The van der Waals surface area contributed by atoms with Gasteiger partial charge in [-0.2, -0.15) is 0 Å². The molecule has 2 aliphatic rings. The first-order chi connectivity index (χ1) is 15.2. The number of halogens is 1. The van der Waals surface area contributed by atoms with Crippen LogP contribution in [0.15, 0.2) is 48.0 Å². The Kier molecular flexibility index (Phi) is 4.73. The first-order valence-corrected chi connectivity index (χ1v) is 11.8. The smallest absolute Gasteiger partial charge is 0.255 e. The molecule has 32 heavy (non-hydrogen) atoms.